The first-order chi connectivity index (χ1) is 9.58. The Bertz CT molecular complexity index is 581. The normalized spacial score (nSPS) is 12.4. The molecular formula is C17H19FO2. The van der Waals surface area contributed by atoms with Crippen molar-refractivity contribution in [1.82, 2.24) is 0 Å². The van der Waals surface area contributed by atoms with Crippen LogP contribution in [0.25, 0.3) is 0 Å². The van der Waals surface area contributed by atoms with Gasteiger partial charge in [0, 0.05) is 5.56 Å². The highest BCUT2D eigenvalue weighted by molar-refractivity contribution is 5.32. The second kappa shape index (κ2) is 6.64. The van der Waals surface area contributed by atoms with E-state index in [1.54, 1.807) is 18.2 Å². The lowest BCUT2D eigenvalue weighted by atomic mass is 10.0. The highest BCUT2D eigenvalue weighted by Gasteiger charge is 2.11. The van der Waals surface area contributed by atoms with Crippen LogP contribution >= 0.6 is 0 Å². The summed E-state index contributed by atoms with van der Waals surface area (Å²) in [6.45, 7) is 4.28. The molecule has 0 fully saturated rings. The summed E-state index contributed by atoms with van der Waals surface area (Å²) < 4.78 is 18.8. The molecule has 0 heterocycles. The average molecular weight is 274 g/mol. The highest BCUT2D eigenvalue weighted by Crippen LogP contribution is 2.19. The topological polar surface area (TPSA) is 29.5 Å². The fraction of sp³-hybridized carbons (Fsp3) is 0.294. The molecular weight excluding hydrogens is 255 g/mol. The molecule has 1 unspecified atom stereocenters. The third-order valence-electron chi connectivity index (χ3n) is 3.28. The van der Waals surface area contributed by atoms with E-state index in [2.05, 4.69) is 0 Å². The Morgan fingerprint density at radius 1 is 1.15 bits per heavy atom. The predicted octanol–water partition coefficient (Wildman–Crippen LogP) is 3.69. The Labute approximate surface area is 118 Å². The number of aliphatic hydroxyl groups is 1. The van der Waals surface area contributed by atoms with Gasteiger partial charge in [0.25, 0.3) is 0 Å². The van der Waals surface area contributed by atoms with E-state index in [0.29, 0.717) is 5.56 Å². The Hall–Kier alpha value is -1.71. The smallest absolute Gasteiger partial charge is 0.128 e. The van der Waals surface area contributed by atoms with Crippen LogP contribution < -0.4 is 0 Å². The molecule has 0 aliphatic heterocycles. The van der Waals surface area contributed by atoms with Crippen molar-refractivity contribution in [3.8, 4) is 0 Å². The average Bonchev–Trinajstić information content (AvgIpc) is 2.40. The van der Waals surface area contributed by atoms with Gasteiger partial charge in [-0.1, -0.05) is 42.0 Å². The molecule has 106 valence electrons. The van der Waals surface area contributed by atoms with Gasteiger partial charge in [-0.3, -0.25) is 0 Å². The summed E-state index contributed by atoms with van der Waals surface area (Å²) in [7, 11) is 0. The predicted molar refractivity (Wildman–Crippen MR) is 76.9 cm³/mol. The first kappa shape index (κ1) is 14.7. The van der Waals surface area contributed by atoms with Crippen molar-refractivity contribution in [2.75, 3.05) is 6.61 Å². The minimum absolute atomic E-state index is 0.151. The molecule has 2 rings (SSSR count). The Kier molecular flexibility index (Phi) is 4.88. The van der Waals surface area contributed by atoms with Crippen molar-refractivity contribution in [1.29, 1.82) is 0 Å². The van der Waals surface area contributed by atoms with Gasteiger partial charge in [0.05, 0.1) is 13.2 Å². The molecule has 0 amide bonds. The fourth-order valence-electron chi connectivity index (χ4n) is 2.19. The lowest BCUT2D eigenvalue weighted by Crippen LogP contribution is -2.09. The van der Waals surface area contributed by atoms with Crippen LogP contribution in [0.15, 0.2) is 42.5 Å². The Morgan fingerprint density at radius 3 is 2.60 bits per heavy atom. The van der Waals surface area contributed by atoms with Crippen LogP contribution in [-0.4, -0.2) is 11.7 Å². The summed E-state index contributed by atoms with van der Waals surface area (Å²) >= 11 is 0. The minimum Gasteiger partial charge on any atom is -0.386 e. The van der Waals surface area contributed by atoms with Gasteiger partial charge < -0.3 is 9.84 Å². The van der Waals surface area contributed by atoms with E-state index in [0.717, 1.165) is 16.7 Å². The summed E-state index contributed by atoms with van der Waals surface area (Å²) in [6.07, 6.45) is -0.692. The van der Waals surface area contributed by atoms with Gasteiger partial charge in [-0.05, 0) is 31.0 Å². The number of rotatable bonds is 5. The fourth-order valence-corrected chi connectivity index (χ4v) is 2.19. The van der Waals surface area contributed by atoms with E-state index in [1.165, 1.54) is 6.07 Å². The molecule has 20 heavy (non-hydrogen) atoms. The number of benzene rings is 2. The summed E-state index contributed by atoms with van der Waals surface area (Å²) in [5.41, 5.74) is 3.54. The number of hydrogen-bond acceptors (Lipinski definition) is 2. The quantitative estimate of drug-likeness (QED) is 0.901. The van der Waals surface area contributed by atoms with Crippen molar-refractivity contribution in [3.05, 3.63) is 70.5 Å². The molecule has 0 saturated carbocycles. The first-order valence-electron chi connectivity index (χ1n) is 6.64. The van der Waals surface area contributed by atoms with Crippen LogP contribution in [0.2, 0.25) is 0 Å². The summed E-state index contributed by atoms with van der Waals surface area (Å²) in [6, 6.07) is 12.4. The lowest BCUT2D eigenvalue weighted by molar-refractivity contribution is 0.0264. The second-order valence-electron chi connectivity index (χ2n) is 4.98. The van der Waals surface area contributed by atoms with Crippen LogP contribution in [0.3, 0.4) is 0 Å². The molecule has 0 radical (unpaired) electrons. The van der Waals surface area contributed by atoms with Gasteiger partial charge in [0.15, 0.2) is 0 Å². The lowest BCUT2D eigenvalue weighted by Gasteiger charge is -2.15. The van der Waals surface area contributed by atoms with Gasteiger partial charge in [-0.2, -0.15) is 0 Å². The molecule has 0 aromatic heterocycles. The van der Waals surface area contributed by atoms with Gasteiger partial charge in [0.2, 0.25) is 0 Å². The van der Waals surface area contributed by atoms with Crippen LogP contribution in [0.4, 0.5) is 4.39 Å². The standard InChI is InChI=1S/C17H19FO2/c1-12-7-8-15(13(2)9-12)17(19)11-20-10-14-5-3-4-6-16(14)18/h3-9,17,19H,10-11H2,1-2H3. The van der Waals surface area contributed by atoms with Crippen molar-refractivity contribution < 1.29 is 14.2 Å². The van der Waals surface area contributed by atoms with Crippen LogP contribution in [0, 0.1) is 19.7 Å². The van der Waals surface area contributed by atoms with Gasteiger partial charge in [-0.25, -0.2) is 4.39 Å². The maximum atomic E-state index is 13.4. The van der Waals surface area contributed by atoms with Gasteiger partial charge in [-0.15, -0.1) is 0 Å². The van der Waals surface area contributed by atoms with E-state index in [1.807, 2.05) is 32.0 Å². The number of aryl methyl sites for hydroxylation is 2. The Balaban J connectivity index is 1.92. The summed E-state index contributed by atoms with van der Waals surface area (Å²) in [4.78, 5) is 0. The first-order valence-corrected chi connectivity index (χ1v) is 6.64. The summed E-state index contributed by atoms with van der Waals surface area (Å²) in [5, 5.41) is 10.1. The monoisotopic (exact) mass is 274 g/mol. The number of halogens is 1. The maximum Gasteiger partial charge on any atom is 0.128 e. The van der Waals surface area contributed by atoms with Crippen LogP contribution in [0.1, 0.15) is 28.4 Å². The largest absolute Gasteiger partial charge is 0.386 e. The van der Waals surface area contributed by atoms with E-state index >= 15 is 0 Å². The molecule has 0 spiro atoms. The minimum atomic E-state index is -0.692. The molecule has 0 saturated heterocycles. The number of ether oxygens (including phenoxy) is 1. The van der Waals surface area contributed by atoms with Crippen LogP contribution in [0.5, 0.6) is 0 Å². The molecule has 2 aromatic rings. The zero-order valence-corrected chi connectivity index (χ0v) is 11.8. The van der Waals surface area contributed by atoms with E-state index < -0.39 is 6.10 Å². The molecule has 1 N–H and O–H groups in total. The van der Waals surface area contributed by atoms with E-state index in [-0.39, 0.29) is 19.0 Å². The van der Waals surface area contributed by atoms with E-state index in [4.69, 9.17) is 4.74 Å². The second-order valence-corrected chi connectivity index (χ2v) is 4.98. The van der Waals surface area contributed by atoms with Gasteiger partial charge in [0.1, 0.15) is 11.9 Å². The molecule has 3 heteroatoms. The van der Waals surface area contributed by atoms with Crippen molar-refractivity contribution >= 4 is 0 Å². The molecule has 2 aromatic carbocycles. The zero-order chi connectivity index (χ0) is 14.5. The molecule has 0 aliphatic carbocycles. The van der Waals surface area contributed by atoms with Crippen molar-refractivity contribution in [2.45, 2.75) is 26.6 Å². The number of hydrogen-bond donors (Lipinski definition) is 1. The molecule has 1 atom stereocenters. The highest BCUT2D eigenvalue weighted by atomic mass is 19.1. The third-order valence-corrected chi connectivity index (χ3v) is 3.28. The molecule has 0 aliphatic rings. The maximum absolute atomic E-state index is 13.4. The molecule has 0 bridgehead atoms. The Morgan fingerprint density at radius 2 is 1.90 bits per heavy atom. The number of aliphatic hydroxyl groups excluding tert-OH is 1. The van der Waals surface area contributed by atoms with Crippen molar-refractivity contribution in [2.24, 2.45) is 0 Å². The third kappa shape index (κ3) is 3.65. The molecule has 2 nitrogen and oxygen atoms in total. The SMILES string of the molecule is Cc1ccc(C(O)COCc2ccccc2F)c(C)c1. The van der Waals surface area contributed by atoms with Gasteiger partial charge >= 0.3 is 0 Å². The van der Waals surface area contributed by atoms with Crippen molar-refractivity contribution in [3.63, 3.8) is 0 Å². The zero-order valence-electron chi connectivity index (χ0n) is 11.8. The van der Waals surface area contributed by atoms with E-state index in [9.17, 15) is 9.50 Å². The summed E-state index contributed by atoms with van der Waals surface area (Å²) in [5.74, 6) is -0.284. The van der Waals surface area contributed by atoms with Crippen LogP contribution in [-0.2, 0) is 11.3 Å².